The average molecular weight is 392 g/mol. The van der Waals surface area contributed by atoms with Crippen molar-refractivity contribution in [2.75, 3.05) is 34.4 Å². The molecule has 0 radical (unpaired) electrons. The number of aryl methyl sites for hydroxylation is 1. The van der Waals surface area contributed by atoms with Crippen LogP contribution in [0.1, 0.15) is 30.9 Å². The molecule has 1 aromatic heterocycles. The first-order valence-electron chi connectivity index (χ1n) is 9.57. The van der Waals surface area contributed by atoms with Gasteiger partial charge in [-0.3, -0.25) is 4.90 Å². The number of ether oxygens (including phenoxy) is 2. The van der Waals surface area contributed by atoms with Gasteiger partial charge in [-0.2, -0.15) is 0 Å². The second-order valence-corrected chi connectivity index (χ2v) is 7.59. The summed E-state index contributed by atoms with van der Waals surface area (Å²) < 4.78 is 16.5. The van der Waals surface area contributed by atoms with Crippen LogP contribution in [0.3, 0.4) is 0 Å². The van der Waals surface area contributed by atoms with Crippen molar-refractivity contribution in [3.8, 4) is 11.5 Å². The molecule has 0 saturated carbocycles. The van der Waals surface area contributed by atoms with Crippen molar-refractivity contribution in [2.24, 2.45) is 0 Å². The fourth-order valence-corrected chi connectivity index (χ4v) is 2.84. The molecule has 0 bridgehead atoms. The van der Waals surface area contributed by atoms with Gasteiger partial charge in [-0.25, -0.2) is 0 Å². The molecule has 0 spiro atoms. The van der Waals surface area contributed by atoms with Crippen molar-refractivity contribution in [1.29, 1.82) is 0 Å². The van der Waals surface area contributed by atoms with Gasteiger partial charge < -0.3 is 24.0 Å². The summed E-state index contributed by atoms with van der Waals surface area (Å²) in [6.45, 7) is 8.29. The van der Waals surface area contributed by atoms with E-state index >= 15 is 0 Å². The Morgan fingerprint density at radius 3 is 2.50 bits per heavy atom. The summed E-state index contributed by atoms with van der Waals surface area (Å²) in [5.74, 6) is 2.13. The molecule has 156 valence electrons. The molecule has 0 saturated heterocycles. The number of likely N-dealkylation sites (N-methyl/N-ethyl adjacent to an activating group) is 1. The highest BCUT2D eigenvalue weighted by Crippen LogP contribution is 2.29. The van der Waals surface area contributed by atoms with Crippen molar-refractivity contribution in [2.45, 2.75) is 46.0 Å². The smallest absolute Gasteiger partial charge is 0.161 e. The van der Waals surface area contributed by atoms with Crippen LogP contribution in [-0.4, -0.2) is 66.6 Å². The second-order valence-electron chi connectivity index (χ2n) is 7.59. The van der Waals surface area contributed by atoms with Gasteiger partial charge in [0.25, 0.3) is 0 Å². The molecule has 0 fully saturated rings. The minimum absolute atomic E-state index is 0.220. The molecule has 2 aromatic rings. The van der Waals surface area contributed by atoms with Crippen LogP contribution in [0.4, 0.5) is 0 Å². The molecule has 2 rings (SSSR count). The third-order valence-electron chi connectivity index (χ3n) is 4.59. The molecule has 28 heavy (non-hydrogen) atoms. The number of aliphatic hydroxyl groups is 1. The molecule has 7 heteroatoms. The van der Waals surface area contributed by atoms with Gasteiger partial charge in [-0.1, -0.05) is 11.2 Å². The van der Waals surface area contributed by atoms with E-state index in [2.05, 4.69) is 28.8 Å². The number of hydrogen-bond acceptors (Lipinski definition) is 7. The highest BCUT2D eigenvalue weighted by atomic mass is 16.5. The average Bonchev–Trinajstić information content (AvgIpc) is 3.04. The predicted molar refractivity (Wildman–Crippen MR) is 109 cm³/mol. The summed E-state index contributed by atoms with van der Waals surface area (Å²) in [4.78, 5) is 4.22. The molecule has 0 aliphatic rings. The third kappa shape index (κ3) is 6.82. The van der Waals surface area contributed by atoms with E-state index in [4.69, 9.17) is 14.0 Å². The zero-order valence-corrected chi connectivity index (χ0v) is 17.8. The molecular formula is C21H33N3O4. The number of aliphatic hydroxyl groups excluding tert-OH is 1. The lowest BCUT2D eigenvalue weighted by molar-refractivity contribution is 0.0668. The highest BCUT2D eigenvalue weighted by Gasteiger charge is 2.14. The van der Waals surface area contributed by atoms with Crippen molar-refractivity contribution in [3.63, 3.8) is 0 Å². The maximum absolute atomic E-state index is 10.2. The lowest BCUT2D eigenvalue weighted by Crippen LogP contribution is -2.36. The van der Waals surface area contributed by atoms with E-state index in [1.165, 1.54) is 0 Å². The van der Waals surface area contributed by atoms with Gasteiger partial charge in [0.15, 0.2) is 17.3 Å². The summed E-state index contributed by atoms with van der Waals surface area (Å²) in [7, 11) is 5.63. The van der Waals surface area contributed by atoms with Crippen molar-refractivity contribution < 1.29 is 19.1 Å². The lowest BCUT2D eigenvalue weighted by atomic mass is 10.2. The van der Waals surface area contributed by atoms with Crippen LogP contribution in [0.5, 0.6) is 11.5 Å². The van der Waals surface area contributed by atoms with Crippen LogP contribution in [-0.2, 0) is 13.1 Å². The predicted octanol–water partition coefficient (Wildman–Crippen LogP) is 2.70. The minimum Gasteiger partial charge on any atom is -0.493 e. The van der Waals surface area contributed by atoms with Crippen LogP contribution in [0.25, 0.3) is 0 Å². The number of hydrogen-bond donors (Lipinski definition) is 1. The Labute approximate surface area is 167 Å². The lowest BCUT2D eigenvalue weighted by Gasteiger charge is -2.24. The molecule has 0 aliphatic carbocycles. The zero-order valence-electron chi connectivity index (χ0n) is 17.8. The molecule has 7 nitrogen and oxygen atoms in total. The van der Waals surface area contributed by atoms with E-state index in [0.29, 0.717) is 30.6 Å². The number of nitrogens with zero attached hydrogens (tertiary/aromatic N) is 3. The van der Waals surface area contributed by atoms with Gasteiger partial charge in [0.1, 0.15) is 12.7 Å². The van der Waals surface area contributed by atoms with E-state index in [9.17, 15) is 5.11 Å². The minimum atomic E-state index is -0.562. The van der Waals surface area contributed by atoms with Crippen LogP contribution >= 0.6 is 0 Å². The Morgan fingerprint density at radius 1 is 1.14 bits per heavy atom. The van der Waals surface area contributed by atoms with Gasteiger partial charge in [0.2, 0.25) is 0 Å². The largest absolute Gasteiger partial charge is 0.493 e. The summed E-state index contributed by atoms with van der Waals surface area (Å²) in [6.07, 6.45) is -0.562. The summed E-state index contributed by atoms with van der Waals surface area (Å²) in [5, 5.41) is 14.1. The van der Waals surface area contributed by atoms with Gasteiger partial charge in [0, 0.05) is 25.2 Å². The van der Waals surface area contributed by atoms with E-state index in [1.807, 2.05) is 45.3 Å². The standard InChI is InChI=1S/C21H33N3O4/c1-15(2)24(5)12-18(25)14-27-20-8-7-17(10-21(20)26-6)11-23(4)13-19-9-16(3)22-28-19/h7-10,15,18,25H,11-14H2,1-6H3. The van der Waals surface area contributed by atoms with Gasteiger partial charge in [-0.05, 0) is 52.6 Å². The first kappa shape index (κ1) is 22.2. The van der Waals surface area contributed by atoms with Crippen molar-refractivity contribution in [1.82, 2.24) is 15.0 Å². The first-order chi connectivity index (χ1) is 13.3. The van der Waals surface area contributed by atoms with Gasteiger partial charge in [-0.15, -0.1) is 0 Å². The maximum Gasteiger partial charge on any atom is 0.161 e. The fourth-order valence-electron chi connectivity index (χ4n) is 2.84. The van der Waals surface area contributed by atoms with E-state index in [-0.39, 0.29) is 6.61 Å². The molecule has 1 heterocycles. The molecule has 0 aliphatic heterocycles. The van der Waals surface area contributed by atoms with E-state index in [0.717, 1.165) is 23.6 Å². The zero-order chi connectivity index (χ0) is 20.7. The van der Waals surface area contributed by atoms with Crippen molar-refractivity contribution >= 4 is 0 Å². The van der Waals surface area contributed by atoms with E-state index < -0.39 is 6.10 Å². The Kier molecular flexibility index (Phi) is 8.29. The number of aromatic nitrogens is 1. The Morgan fingerprint density at radius 2 is 1.89 bits per heavy atom. The molecule has 1 aromatic carbocycles. The van der Waals surface area contributed by atoms with Gasteiger partial charge >= 0.3 is 0 Å². The Bertz CT molecular complexity index is 732. The highest BCUT2D eigenvalue weighted by molar-refractivity contribution is 5.43. The van der Waals surface area contributed by atoms with Crippen LogP contribution in [0.2, 0.25) is 0 Å². The SMILES string of the molecule is COc1cc(CN(C)Cc2cc(C)no2)ccc1OCC(O)CN(C)C(C)C. The normalized spacial score (nSPS) is 12.8. The summed E-state index contributed by atoms with van der Waals surface area (Å²) in [5.41, 5.74) is 1.98. The number of benzene rings is 1. The van der Waals surface area contributed by atoms with Crippen LogP contribution in [0, 0.1) is 6.92 Å². The molecule has 1 unspecified atom stereocenters. The summed E-state index contributed by atoms with van der Waals surface area (Å²) in [6, 6.07) is 8.17. The van der Waals surface area contributed by atoms with Gasteiger partial charge in [0.05, 0.1) is 19.3 Å². The Hall–Kier alpha value is -2.09. The molecule has 1 atom stereocenters. The molecule has 0 amide bonds. The maximum atomic E-state index is 10.2. The molecule has 1 N–H and O–H groups in total. The Balaban J connectivity index is 1.91. The monoisotopic (exact) mass is 391 g/mol. The van der Waals surface area contributed by atoms with Crippen LogP contribution in [0.15, 0.2) is 28.8 Å². The summed E-state index contributed by atoms with van der Waals surface area (Å²) >= 11 is 0. The second kappa shape index (κ2) is 10.5. The first-order valence-corrected chi connectivity index (χ1v) is 9.57. The van der Waals surface area contributed by atoms with Crippen LogP contribution < -0.4 is 9.47 Å². The third-order valence-corrected chi connectivity index (χ3v) is 4.59. The number of rotatable bonds is 11. The topological polar surface area (TPSA) is 71.2 Å². The number of methoxy groups -OCH3 is 1. The van der Waals surface area contributed by atoms with E-state index in [1.54, 1.807) is 7.11 Å². The van der Waals surface area contributed by atoms with Crippen molar-refractivity contribution in [3.05, 3.63) is 41.3 Å². The quantitative estimate of drug-likeness (QED) is 0.631. The molecular weight excluding hydrogens is 358 g/mol. The fraction of sp³-hybridized carbons (Fsp3) is 0.571.